The third-order valence-corrected chi connectivity index (χ3v) is 5.92. The van der Waals surface area contributed by atoms with Gasteiger partial charge in [-0.25, -0.2) is 14.2 Å². The van der Waals surface area contributed by atoms with Crippen LogP contribution in [-0.2, 0) is 27.2 Å². The van der Waals surface area contributed by atoms with Gasteiger partial charge in [0, 0.05) is 43.9 Å². The Balaban J connectivity index is 2.04. The van der Waals surface area contributed by atoms with Gasteiger partial charge in [-0.1, -0.05) is 12.1 Å². The first-order chi connectivity index (χ1) is 16.8. The number of aryl methyl sites for hydroxylation is 1. The van der Waals surface area contributed by atoms with Gasteiger partial charge in [0.1, 0.15) is 23.1 Å². The zero-order chi connectivity index (χ0) is 25.3. The number of ether oxygens (including phenoxy) is 2. The van der Waals surface area contributed by atoms with Crippen molar-refractivity contribution >= 4 is 16.9 Å². The Labute approximate surface area is 200 Å². The number of fused-ring (bicyclic) bond motifs is 1. The van der Waals surface area contributed by atoms with Crippen LogP contribution in [0.3, 0.4) is 0 Å². The average molecular weight is 480 g/mol. The molecule has 0 saturated heterocycles. The van der Waals surface area contributed by atoms with E-state index >= 15 is 0 Å². The van der Waals surface area contributed by atoms with Gasteiger partial charge in [0.15, 0.2) is 5.65 Å². The second-order valence-electron chi connectivity index (χ2n) is 7.97. The van der Waals surface area contributed by atoms with Crippen molar-refractivity contribution in [3.8, 4) is 22.6 Å². The maximum absolute atomic E-state index is 14.4. The van der Waals surface area contributed by atoms with Crippen LogP contribution in [0.25, 0.3) is 22.2 Å². The Morgan fingerprint density at radius 2 is 1.83 bits per heavy atom. The molecule has 9 nitrogen and oxygen atoms in total. The van der Waals surface area contributed by atoms with Gasteiger partial charge in [0.25, 0.3) is 5.56 Å². The predicted molar refractivity (Wildman–Crippen MR) is 132 cm³/mol. The molecule has 35 heavy (non-hydrogen) atoms. The van der Waals surface area contributed by atoms with E-state index in [9.17, 15) is 14.0 Å². The lowest BCUT2D eigenvalue weighted by molar-refractivity contribution is 0.414. The van der Waals surface area contributed by atoms with Crippen LogP contribution in [0, 0.1) is 5.82 Å². The zero-order valence-corrected chi connectivity index (χ0v) is 19.9. The summed E-state index contributed by atoms with van der Waals surface area (Å²) in [6.45, 7) is 0.353. The topological polar surface area (TPSA) is 113 Å². The summed E-state index contributed by atoms with van der Waals surface area (Å²) in [4.78, 5) is 30.6. The summed E-state index contributed by atoms with van der Waals surface area (Å²) in [5.41, 5.74) is 7.31. The number of nitrogens with zero attached hydrogens (tertiary/aromatic N) is 3. The molecule has 0 aliphatic heterocycles. The Kier molecular flexibility index (Phi) is 6.57. The number of nitrogens with one attached hydrogen (secondary N) is 1. The van der Waals surface area contributed by atoms with Gasteiger partial charge >= 0.3 is 5.69 Å². The van der Waals surface area contributed by atoms with Crippen molar-refractivity contribution < 1.29 is 13.9 Å². The van der Waals surface area contributed by atoms with Gasteiger partial charge in [-0.2, -0.15) is 0 Å². The van der Waals surface area contributed by atoms with Gasteiger partial charge in [-0.3, -0.25) is 13.9 Å². The van der Waals surface area contributed by atoms with Crippen molar-refractivity contribution in [3.05, 3.63) is 80.2 Å². The number of hydrogen-bond acceptors (Lipinski definition) is 7. The number of anilines is 1. The van der Waals surface area contributed by atoms with E-state index in [1.54, 1.807) is 7.11 Å². The van der Waals surface area contributed by atoms with Crippen molar-refractivity contribution in [2.75, 3.05) is 19.5 Å². The molecular weight excluding hydrogens is 453 g/mol. The molecule has 0 bridgehead atoms. The van der Waals surface area contributed by atoms with Crippen LogP contribution < -0.4 is 31.8 Å². The van der Waals surface area contributed by atoms with E-state index in [2.05, 4.69) is 10.3 Å². The monoisotopic (exact) mass is 479 g/mol. The molecule has 0 atom stereocenters. The lowest BCUT2D eigenvalue weighted by atomic mass is 9.96. The van der Waals surface area contributed by atoms with Gasteiger partial charge in [0.2, 0.25) is 0 Å². The van der Waals surface area contributed by atoms with Gasteiger partial charge in [-0.15, -0.1) is 0 Å². The molecule has 3 N–H and O–H groups in total. The summed E-state index contributed by atoms with van der Waals surface area (Å²) in [5, 5.41) is 3.41. The highest BCUT2D eigenvalue weighted by molar-refractivity contribution is 5.98. The van der Waals surface area contributed by atoms with E-state index in [0.29, 0.717) is 40.6 Å². The minimum absolute atomic E-state index is 0.00954. The van der Waals surface area contributed by atoms with Crippen molar-refractivity contribution in [2.24, 2.45) is 19.8 Å². The van der Waals surface area contributed by atoms with E-state index in [1.165, 1.54) is 44.0 Å². The SMILES string of the molecule is COc1cccc(CNc2nc3c(c(-c4cc(F)ccc4OC)c2CN)c(=O)n(C)c(=O)n3C)c1. The van der Waals surface area contributed by atoms with Crippen molar-refractivity contribution in [1.82, 2.24) is 14.1 Å². The van der Waals surface area contributed by atoms with Crippen LogP contribution in [0.4, 0.5) is 10.2 Å². The summed E-state index contributed by atoms with van der Waals surface area (Å²) in [6.07, 6.45) is 0. The van der Waals surface area contributed by atoms with Gasteiger partial charge < -0.3 is 20.5 Å². The molecule has 0 aliphatic carbocycles. The fraction of sp³-hybridized carbons (Fsp3) is 0.240. The fourth-order valence-electron chi connectivity index (χ4n) is 4.11. The minimum Gasteiger partial charge on any atom is -0.497 e. The number of halogens is 1. The van der Waals surface area contributed by atoms with Crippen molar-refractivity contribution in [3.63, 3.8) is 0 Å². The Bertz CT molecular complexity index is 1540. The van der Waals surface area contributed by atoms with Crippen LogP contribution in [0.15, 0.2) is 52.1 Å². The lowest BCUT2D eigenvalue weighted by Crippen LogP contribution is -2.38. The fourth-order valence-corrected chi connectivity index (χ4v) is 4.11. The number of aromatic nitrogens is 3. The molecule has 4 rings (SSSR count). The normalized spacial score (nSPS) is 11.0. The Morgan fingerprint density at radius 1 is 1.06 bits per heavy atom. The first kappa shape index (κ1) is 24.0. The van der Waals surface area contributed by atoms with E-state index in [-0.39, 0.29) is 17.6 Å². The van der Waals surface area contributed by atoms with Crippen LogP contribution in [0.2, 0.25) is 0 Å². The van der Waals surface area contributed by atoms with Crippen LogP contribution >= 0.6 is 0 Å². The number of benzene rings is 2. The summed E-state index contributed by atoms with van der Waals surface area (Å²) in [5.74, 6) is 0.905. The predicted octanol–water partition coefficient (Wildman–Crippen LogP) is 2.53. The molecule has 0 radical (unpaired) electrons. The Hall–Kier alpha value is -4.18. The second-order valence-corrected chi connectivity index (χ2v) is 7.97. The standard InChI is InChI=1S/C25H26FN5O4/c1-30-23-21(24(32)31(2)25(30)33)20(17-11-15(26)8-9-19(17)35-4)18(12-27)22(29-23)28-13-14-6-5-7-16(10-14)34-3/h5-11H,12-13,27H2,1-4H3,(H,28,29). The van der Waals surface area contributed by atoms with Crippen molar-refractivity contribution in [2.45, 2.75) is 13.1 Å². The van der Waals surface area contributed by atoms with Crippen LogP contribution in [0.1, 0.15) is 11.1 Å². The van der Waals surface area contributed by atoms with Gasteiger partial charge in [0.05, 0.1) is 19.6 Å². The highest BCUT2D eigenvalue weighted by atomic mass is 19.1. The van der Waals surface area contributed by atoms with Gasteiger partial charge in [-0.05, 0) is 35.9 Å². The quantitative estimate of drug-likeness (QED) is 0.419. The molecule has 0 fully saturated rings. The van der Waals surface area contributed by atoms with E-state index < -0.39 is 17.1 Å². The molecule has 182 valence electrons. The molecule has 2 aromatic heterocycles. The summed E-state index contributed by atoms with van der Waals surface area (Å²) < 4.78 is 27.4. The van der Waals surface area contributed by atoms with Crippen molar-refractivity contribution in [1.29, 1.82) is 0 Å². The number of nitrogens with two attached hydrogens (primary N) is 1. The zero-order valence-electron chi connectivity index (χ0n) is 19.9. The lowest BCUT2D eigenvalue weighted by Gasteiger charge is -2.20. The highest BCUT2D eigenvalue weighted by Gasteiger charge is 2.24. The molecule has 0 unspecified atom stereocenters. The molecule has 0 spiro atoms. The van der Waals surface area contributed by atoms with E-state index in [4.69, 9.17) is 15.2 Å². The molecule has 2 heterocycles. The minimum atomic E-state index is -0.564. The van der Waals surface area contributed by atoms with Crippen LogP contribution in [-0.4, -0.2) is 28.3 Å². The Morgan fingerprint density at radius 3 is 2.51 bits per heavy atom. The summed E-state index contributed by atoms with van der Waals surface area (Å²) >= 11 is 0. The van der Waals surface area contributed by atoms with Crippen LogP contribution in [0.5, 0.6) is 11.5 Å². The third kappa shape index (κ3) is 4.24. The average Bonchev–Trinajstić information content (AvgIpc) is 2.88. The molecule has 4 aromatic rings. The van der Waals surface area contributed by atoms with E-state index in [1.807, 2.05) is 24.3 Å². The number of hydrogen-bond donors (Lipinski definition) is 2. The summed E-state index contributed by atoms with van der Waals surface area (Å²) in [6, 6.07) is 11.5. The first-order valence-corrected chi connectivity index (χ1v) is 10.8. The smallest absolute Gasteiger partial charge is 0.332 e. The molecule has 0 aliphatic rings. The number of rotatable bonds is 7. The molecule has 2 aromatic carbocycles. The third-order valence-electron chi connectivity index (χ3n) is 5.92. The second kappa shape index (κ2) is 9.59. The number of methoxy groups -OCH3 is 2. The maximum atomic E-state index is 14.4. The first-order valence-electron chi connectivity index (χ1n) is 10.8. The number of pyridine rings is 1. The molecular formula is C25H26FN5O4. The molecule has 10 heteroatoms. The maximum Gasteiger partial charge on any atom is 0.332 e. The highest BCUT2D eigenvalue weighted by Crippen LogP contribution is 2.38. The summed E-state index contributed by atoms with van der Waals surface area (Å²) in [7, 11) is 5.95. The largest absolute Gasteiger partial charge is 0.497 e. The molecule has 0 amide bonds. The molecule has 0 saturated carbocycles. The van der Waals surface area contributed by atoms with E-state index in [0.717, 1.165) is 10.1 Å².